The Balaban J connectivity index is 2.11. The van der Waals surface area contributed by atoms with Crippen molar-refractivity contribution in [1.82, 2.24) is 4.90 Å². The Kier molecular flexibility index (Phi) is 5.48. The molecule has 138 valence electrons. The van der Waals surface area contributed by atoms with Crippen LogP contribution in [0.1, 0.15) is 39.3 Å². The Bertz CT molecular complexity index is 800. The van der Waals surface area contributed by atoms with E-state index in [9.17, 15) is 9.59 Å². The SMILES string of the molecule is CSc1ccc([C@@H]2C(C(=O)OC(C)C)=C(C)N=C3S[C@@H](C)C(=O)N32)cc1. The van der Waals surface area contributed by atoms with Gasteiger partial charge in [0.25, 0.3) is 0 Å². The van der Waals surface area contributed by atoms with Crippen molar-refractivity contribution in [1.29, 1.82) is 0 Å². The molecule has 0 radical (unpaired) electrons. The average molecular weight is 391 g/mol. The number of allylic oxidation sites excluding steroid dienone is 1. The van der Waals surface area contributed by atoms with Gasteiger partial charge in [0.2, 0.25) is 5.91 Å². The van der Waals surface area contributed by atoms with Gasteiger partial charge < -0.3 is 4.74 Å². The molecule has 0 bridgehead atoms. The van der Waals surface area contributed by atoms with Crippen molar-refractivity contribution >= 4 is 40.6 Å². The molecule has 5 nitrogen and oxygen atoms in total. The van der Waals surface area contributed by atoms with Gasteiger partial charge in [-0.15, -0.1) is 11.8 Å². The van der Waals surface area contributed by atoms with E-state index in [2.05, 4.69) is 4.99 Å². The van der Waals surface area contributed by atoms with Crippen LogP contribution in [0.5, 0.6) is 0 Å². The molecule has 2 aliphatic rings. The maximum absolute atomic E-state index is 12.8. The first-order valence-electron chi connectivity index (χ1n) is 8.47. The third-order valence-corrected chi connectivity index (χ3v) is 6.05. The summed E-state index contributed by atoms with van der Waals surface area (Å²) in [5.41, 5.74) is 1.92. The fourth-order valence-corrected chi connectivity index (χ4v) is 4.48. The van der Waals surface area contributed by atoms with E-state index in [0.29, 0.717) is 16.4 Å². The van der Waals surface area contributed by atoms with E-state index in [-0.39, 0.29) is 17.3 Å². The van der Waals surface area contributed by atoms with Crippen LogP contribution in [0, 0.1) is 0 Å². The second-order valence-electron chi connectivity index (χ2n) is 6.49. The second kappa shape index (κ2) is 7.48. The zero-order valence-electron chi connectivity index (χ0n) is 15.5. The van der Waals surface area contributed by atoms with Gasteiger partial charge in [-0.2, -0.15) is 0 Å². The number of amidine groups is 1. The minimum absolute atomic E-state index is 0.0324. The minimum atomic E-state index is -0.505. The molecule has 0 N–H and O–H groups in total. The molecule has 1 fully saturated rings. The lowest BCUT2D eigenvalue weighted by atomic mass is 9.94. The highest BCUT2D eigenvalue weighted by atomic mass is 32.2. The molecule has 1 aromatic rings. The lowest BCUT2D eigenvalue weighted by molar-refractivity contribution is -0.143. The van der Waals surface area contributed by atoms with Crippen LogP contribution in [0.15, 0.2) is 45.4 Å². The van der Waals surface area contributed by atoms with Gasteiger partial charge in [-0.1, -0.05) is 23.9 Å². The molecular weight excluding hydrogens is 368 g/mol. The van der Waals surface area contributed by atoms with Gasteiger partial charge in [-0.3, -0.25) is 9.69 Å². The molecule has 0 spiro atoms. The van der Waals surface area contributed by atoms with Gasteiger partial charge in [0.15, 0.2) is 5.17 Å². The molecule has 7 heteroatoms. The number of esters is 1. The summed E-state index contributed by atoms with van der Waals surface area (Å²) in [6, 6.07) is 7.44. The summed E-state index contributed by atoms with van der Waals surface area (Å²) in [6.45, 7) is 7.29. The number of rotatable bonds is 4. The predicted octanol–water partition coefficient (Wildman–Crippen LogP) is 4.01. The summed E-state index contributed by atoms with van der Waals surface area (Å²) in [5.74, 6) is -0.452. The molecule has 2 aliphatic heterocycles. The summed E-state index contributed by atoms with van der Waals surface area (Å²) in [6.07, 6.45) is 1.77. The summed E-state index contributed by atoms with van der Waals surface area (Å²) in [7, 11) is 0. The maximum Gasteiger partial charge on any atom is 0.338 e. The number of hydrogen-bond acceptors (Lipinski definition) is 6. The smallest absolute Gasteiger partial charge is 0.338 e. The molecule has 1 amide bonds. The van der Waals surface area contributed by atoms with Crippen molar-refractivity contribution in [2.75, 3.05) is 6.26 Å². The zero-order valence-corrected chi connectivity index (χ0v) is 17.1. The van der Waals surface area contributed by atoms with Gasteiger partial charge in [0, 0.05) is 4.90 Å². The molecule has 1 aromatic carbocycles. The number of carbonyl (C=O) groups is 2. The average Bonchev–Trinajstić information content (AvgIpc) is 2.87. The summed E-state index contributed by atoms with van der Waals surface area (Å²) >= 11 is 3.08. The normalized spacial score (nSPS) is 22.6. The molecule has 0 aliphatic carbocycles. The first-order chi connectivity index (χ1) is 12.3. The number of fused-ring (bicyclic) bond motifs is 1. The number of hydrogen-bond donors (Lipinski definition) is 0. The van der Waals surface area contributed by atoms with E-state index in [1.807, 2.05) is 51.3 Å². The predicted molar refractivity (Wildman–Crippen MR) is 106 cm³/mol. The number of benzene rings is 1. The van der Waals surface area contributed by atoms with E-state index in [0.717, 1.165) is 10.5 Å². The topological polar surface area (TPSA) is 59.0 Å². The monoisotopic (exact) mass is 390 g/mol. The molecule has 26 heavy (non-hydrogen) atoms. The molecule has 0 saturated carbocycles. The quantitative estimate of drug-likeness (QED) is 0.574. The van der Waals surface area contributed by atoms with Crippen LogP contribution in [0.3, 0.4) is 0 Å². The van der Waals surface area contributed by atoms with E-state index in [4.69, 9.17) is 4.74 Å². The van der Waals surface area contributed by atoms with E-state index in [1.54, 1.807) is 23.6 Å². The number of nitrogens with zero attached hydrogens (tertiary/aromatic N) is 2. The fourth-order valence-electron chi connectivity index (χ4n) is 3.04. The van der Waals surface area contributed by atoms with Crippen LogP contribution in [0.25, 0.3) is 0 Å². The standard InChI is InChI=1S/C19H22N2O3S2/c1-10(2)24-18(23)15-11(3)20-19-21(17(22)12(4)26-19)16(15)13-6-8-14(25-5)9-7-13/h6-10,12,16H,1-5H3/t12-,16+/m0/s1. The summed E-state index contributed by atoms with van der Waals surface area (Å²) < 4.78 is 5.45. The zero-order chi connectivity index (χ0) is 19.0. The lowest BCUT2D eigenvalue weighted by Gasteiger charge is -2.33. The first kappa shape index (κ1) is 19.0. The number of thioether (sulfide) groups is 2. The molecular formula is C19H22N2O3S2. The Hall–Kier alpha value is -1.73. The van der Waals surface area contributed by atoms with Gasteiger partial charge in [-0.25, -0.2) is 9.79 Å². The number of aliphatic imine (C=N–C) groups is 1. The fraction of sp³-hybridized carbons (Fsp3) is 0.421. The van der Waals surface area contributed by atoms with Gasteiger partial charge in [0.1, 0.15) is 0 Å². The van der Waals surface area contributed by atoms with E-state index >= 15 is 0 Å². The van der Waals surface area contributed by atoms with Crippen molar-refractivity contribution in [3.05, 3.63) is 41.1 Å². The van der Waals surface area contributed by atoms with Crippen LogP contribution in [0.2, 0.25) is 0 Å². The van der Waals surface area contributed by atoms with Gasteiger partial charge >= 0.3 is 5.97 Å². The van der Waals surface area contributed by atoms with Crippen LogP contribution < -0.4 is 0 Å². The molecule has 2 atom stereocenters. The number of amides is 1. The molecule has 3 rings (SSSR count). The van der Waals surface area contributed by atoms with Gasteiger partial charge in [0.05, 0.1) is 28.7 Å². The number of ether oxygens (including phenoxy) is 1. The minimum Gasteiger partial charge on any atom is -0.459 e. The Labute approximate surface area is 162 Å². The molecule has 0 unspecified atom stereocenters. The van der Waals surface area contributed by atoms with E-state index in [1.165, 1.54) is 11.8 Å². The third-order valence-electron chi connectivity index (χ3n) is 4.25. The van der Waals surface area contributed by atoms with Crippen LogP contribution in [0.4, 0.5) is 0 Å². The largest absolute Gasteiger partial charge is 0.459 e. The maximum atomic E-state index is 12.8. The number of carbonyl (C=O) groups excluding carboxylic acids is 2. The van der Waals surface area contributed by atoms with Crippen molar-refractivity contribution in [2.45, 2.75) is 50.0 Å². The second-order valence-corrected chi connectivity index (χ2v) is 8.68. The molecule has 0 aromatic heterocycles. The highest BCUT2D eigenvalue weighted by Crippen LogP contribution is 2.43. The van der Waals surface area contributed by atoms with Crippen LogP contribution >= 0.6 is 23.5 Å². The first-order valence-corrected chi connectivity index (χ1v) is 10.6. The highest BCUT2D eigenvalue weighted by molar-refractivity contribution is 8.15. The molecule has 2 heterocycles. The van der Waals surface area contributed by atoms with Crippen LogP contribution in [-0.2, 0) is 14.3 Å². The van der Waals surface area contributed by atoms with E-state index < -0.39 is 12.0 Å². The van der Waals surface area contributed by atoms with Crippen molar-refractivity contribution < 1.29 is 14.3 Å². The Morgan fingerprint density at radius 2 is 1.96 bits per heavy atom. The van der Waals surface area contributed by atoms with Crippen molar-refractivity contribution in [2.24, 2.45) is 4.99 Å². The van der Waals surface area contributed by atoms with Crippen LogP contribution in [-0.4, -0.2) is 39.6 Å². The summed E-state index contributed by atoms with van der Waals surface area (Å²) in [5, 5.41) is 0.440. The molecule has 1 saturated heterocycles. The van der Waals surface area contributed by atoms with Crippen molar-refractivity contribution in [3.8, 4) is 0 Å². The lowest BCUT2D eigenvalue weighted by Crippen LogP contribution is -2.40. The summed E-state index contributed by atoms with van der Waals surface area (Å²) in [4.78, 5) is 32.9. The Morgan fingerprint density at radius 3 is 2.54 bits per heavy atom. The highest BCUT2D eigenvalue weighted by Gasteiger charge is 2.46. The van der Waals surface area contributed by atoms with Gasteiger partial charge in [-0.05, 0) is 51.6 Å². The van der Waals surface area contributed by atoms with Crippen molar-refractivity contribution in [3.63, 3.8) is 0 Å². The third kappa shape index (κ3) is 3.42. The Morgan fingerprint density at radius 1 is 1.31 bits per heavy atom.